The van der Waals surface area contributed by atoms with Crippen molar-refractivity contribution in [1.29, 1.82) is 0 Å². The predicted molar refractivity (Wildman–Crippen MR) is 89.6 cm³/mol. The second kappa shape index (κ2) is 6.78. The number of carboxylic acids is 1. The maximum Gasteiger partial charge on any atom is 0.435 e. The third-order valence-corrected chi connectivity index (χ3v) is 4.72. The zero-order valence-corrected chi connectivity index (χ0v) is 14.7. The van der Waals surface area contributed by atoms with Gasteiger partial charge >= 0.3 is 18.3 Å². The van der Waals surface area contributed by atoms with Gasteiger partial charge in [0.2, 0.25) is 0 Å². The van der Waals surface area contributed by atoms with E-state index in [1.165, 1.54) is 25.1 Å². The van der Waals surface area contributed by atoms with Crippen LogP contribution in [0.1, 0.15) is 39.0 Å². The van der Waals surface area contributed by atoms with Gasteiger partial charge in [-0.25, -0.2) is 4.79 Å². The topological polar surface area (TPSA) is 58.9 Å². The molecule has 0 saturated heterocycles. The normalized spacial score (nSPS) is 19.6. The standard InChI is InChI=1S/C19H13F6NO3/c1-10-13(6-3-7-14(10)16(27)28)15-9-17(29-26-15,19(23,24)25)11-4-2-5-12(8-11)18(20,21)22/h2-8H,9H2,1H3,(H,27,28). The molecule has 0 amide bonds. The molecule has 0 aliphatic carbocycles. The Hall–Kier alpha value is -3.04. The summed E-state index contributed by atoms with van der Waals surface area (Å²) in [6.45, 7) is 1.40. The average molecular weight is 417 g/mol. The minimum Gasteiger partial charge on any atom is -0.478 e. The summed E-state index contributed by atoms with van der Waals surface area (Å²) >= 11 is 0. The zero-order chi connectivity index (χ0) is 21.6. The highest BCUT2D eigenvalue weighted by atomic mass is 19.4. The molecule has 0 radical (unpaired) electrons. The van der Waals surface area contributed by atoms with Crippen LogP contribution in [-0.2, 0) is 16.6 Å². The second-order valence-electron chi connectivity index (χ2n) is 6.49. The van der Waals surface area contributed by atoms with Gasteiger partial charge in [0.05, 0.1) is 16.8 Å². The monoisotopic (exact) mass is 417 g/mol. The zero-order valence-electron chi connectivity index (χ0n) is 14.7. The summed E-state index contributed by atoms with van der Waals surface area (Å²) in [5.41, 5.74) is -5.17. The Bertz CT molecular complexity index is 996. The molecule has 1 heterocycles. The second-order valence-corrected chi connectivity index (χ2v) is 6.49. The van der Waals surface area contributed by atoms with E-state index in [9.17, 15) is 36.2 Å². The third kappa shape index (κ3) is 3.54. The van der Waals surface area contributed by atoms with E-state index in [2.05, 4.69) is 5.16 Å². The number of benzene rings is 2. The fourth-order valence-electron chi connectivity index (χ4n) is 3.17. The number of alkyl halides is 6. The molecule has 2 aromatic rings. The molecule has 1 N–H and O–H groups in total. The Balaban J connectivity index is 2.08. The van der Waals surface area contributed by atoms with Gasteiger partial charge in [-0.15, -0.1) is 0 Å². The maximum atomic E-state index is 14.0. The first-order valence-corrected chi connectivity index (χ1v) is 8.19. The van der Waals surface area contributed by atoms with Crippen molar-refractivity contribution < 1.29 is 41.1 Å². The van der Waals surface area contributed by atoms with E-state index in [1.54, 1.807) is 0 Å². The highest BCUT2D eigenvalue weighted by Gasteiger charge is 2.62. The van der Waals surface area contributed by atoms with Crippen LogP contribution in [-0.4, -0.2) is 23.0 Å². The first-order valence-electron chi connectivity index (χ1n) is 8.19. The van der Waals surface area contributed by atoms with Gasteiger partial charge < -0.3 is 9.94 Å². The third-order valence-electron chi connectivity index (χ3n) is 4.72. The SMILES string of the molecule is Cc1c(C(=O)O)cccc1C1=NOC(c2cccc(C(F)(F)F)c2)(C(F)(F)F)C1. The van der Waals surface area contributed by atoms with Crippen LogP contribution in [0.4, 0.5) is 26.3 Å². The van der Waals surface area contributed by atoms with Crippen molar-refractivity contribution in [3.8, 4) is 0 Å². The molecule has 1 aliphatic rings. The lowest BCUT2D eigenvalue weighted by molar-refractivity contribution is -0.276. The van der Waals surface area contributed by atoms with Gasteiger partial charge in [0.25, 0.3) is 5.60 Å². The Morgan fingerprint density at radius 1 is 1.10 bits per heavy atom. The molecule has 0 fully saturated rings. The van der Waals surface area contributed by atoms with Crippen molar-refractivity contribution in [2.45, 2.75) is 31.3 Å². The van der Waals surface area contributed by atoms with E-state index in [0.29, 0.717) is 12.1 Å². The molecule has 0 bridgehead atoms. The number of hydrogen-bond acceptors (Lipinski definition) is 3. The Labute approximate surface area is 160 Å². The molecule has 4 nitrogen and oxygen atoms in total. The van der Waals surface area contributed by atoms with Crippen molar-refractivity contribution in [3.05, 3.63) is 70.3 Å². The van der Waals surface area contributed by atoms with Gasteiger partial charge in [-0.3, -0.25) is 0 Å². The maximum absolute atomic E-state index is 14.0. The molecule has 2 aromatic carbocycles. The highest BCUT2D eigenvalue weighted by Crippen LogP contribution is 2.49. The van der Waals surface area contributed by atoms with Gasteiger partial charge in [0, 0.05) is 17.5 Å². The van der Waals surface area contributed by atoms with Crippen LogP contribution >= 0.6 is 0 Å². The van der Waals surface area contributed by atoms with E-state index < -0.39 is 41.5 Å². The Morgan fingerprint density at radius 3 is 2.34 bits per heavy atom. The molecular formula is C19H13F6NO3. The lowest BCUT2D eigenvalue weighted by atomic mass is 9.84. The first kappa shape index (κ1) is 20.7. The summed E-state index contributed by atoms with van der Waals surface area (Å²) in [5, 5.41) is 12.7. The Kier molecular flexibility index (Phi) is 4.84. The van der Waals surface area contributed by atoms with Crippen molar-refractivity contribution in [3.63, 3.8) is 0 Å². The van der Waals surface area contributed by atoms with E-state index in [4.69, 9.17) is 4.84 Å². The van der Waals surface area contributed by atoms with Crippen molar-refractivity contribution in [2.24, 2.45) is 5.16 Å². The number of oxime groups is 1. The van der Waals surface area contributed by atoms with Crippen LogP contribution in [0.25, 0.3) is 0 Å². The molecule has 1 aliphatic heterocycles. The smallest absolute Gasteiger partial charge is 0.435 e. The van der Waals surface area contributed by atoms with Crippen LogP contribution in [0.2, 0.25) is 0 Å². The van der Waals surface area contributed by atoms with Crippen molar-refractivity contribution in [2.75, 3.05) is 0 Å². The van der Waals surface area contributed by atoms with Crippen LogP contribution in [0, 0.1) is 6.92 Å². The minimum atomic E-state index is -5.08. The van der Waals surface area contributed by atoms with E-state index in [-0.39, 0.29) is 22.4 Å². The van der Waals surface area contributed by atoms with Crippen LogP contribution in [0.15, 0.2) is 47.6 Å². The summed E-state index contributed by atoms with van der Waals surface area (Å²) in [6, 6.07) is 6.79. The molecular weight excluding hydrogens is 404 g/mol. The number of aromatic carboxylic acids is 1. The van der Waals surface area contributed by atoms with Gasteiger partial charge in [-0.2, -0.15) is 26.3 Å². The van der Waals surface area contributed by atoms with Crippen LogP contribution < -0.4 is 0 Å². The number of carbonyl (C=O) groups is 1. The molecule has 10 heteroatoms. The van der Waals surface area contributed by atoms with E-state index in [0.717, 1.165) is 12.1 Å². The fraction of sp³-hybridized carbons (Fsp3) is 0.263. The van der Waals surface area contributed by atoms with Gasteiger partial charge in [-0.1, -0.05) is 29.4 Å². The summed E-state index contributed by atoms with van der Waals surface area (Å²) in [5.74, 6) is -1.27. The highest BCUT2D eigenvalue weighted by molar-refractivity contribution is 6.05. The summed E-state index contributed by atoms with van der Waals surface area (Å²) in [6.07, 6.45) is -10.8. The van der Waals surface area contributed by atoms with Crippen LogP contribution in [0.3, 0.4) is 0 Å². The van der Waals surface area contributed by atoms with Gasteiger partial charge in [0.1, 0.15) is 0 Å². The van der Waals surface area contributed by atoms with Gasteiger partial charge in [0.15, 0.2) is 0 Å². The number of halogens is 6. The first-order chi connectivity index (χ1) is 13.4. The van der Waals surface area contributed by atoms with Gasteiger partial charge in [-0.05, 0) is 30.7 Å². The van der Waals surface area contributed by atoms with E-state index >= 15 is 0 Å². The molecule has 0 saturated carbocycles. The predicted octanol–water partition coefficient (Wildman–Crippen LogP) is 5.29. The number of rotatable bonds is 3. The average Bonchev–Trinajstić information content (AvgIpc) is 3.07. The molecule has 29 heavy (non-hydrogen) atoms. The number of nitrogens with zero attached hydrogens (tertiary/aromatic N) is 1. The Morgan fingerprint density at radius 2 is 1.76 bits per heavy atom. The van der Waals surface area contributed by atoms with Crippen LogP contribution in [0.5, 0.6) is 0 Å². The lowest BCUT2D eigenvalue weighted by Gasteiger charge is -2.30. The number of carboxylic acid groups (broad SMARTS) is 1. The van der Waals surface area contributed by atoms with Crippen molar-refractivity contribution in [1.82, 2.24) is 0 Å². The molecule has 0 aromatic heterocycles. The molecule has 154 valence electrons. The molecule has 0 spiro atoms. The minimum absolute atomic E-state index is 0.114. The lowest BCUT2D eigenvalue weighted by Crippen LogP contribution is -2.42. The summed E-state index contributed by atoms with van der Waals surface area (Å²) in [4.78, 5) is 16.0. The quantitative estimate of drug-likeness (QED) is 0.690. The molecule has 3 rings (SSSR count). The molecule has 1 unspecified atom stereocenters. The van der Waals surface area contributed by atoms with Crippen molar-refractivity contribution >= 4 is 11.7 Å². The summed E-state index contributed by atoms with van der Waals surface area (Å²) < 4.78 is 80.8. The van der Waals surface area contributed by atoms with E-state index in [1.807, 2.05) is 0 Å². The molecule has 1 atom stereocenters. The number of hydrogen-bond donors (Lipinski definition) is 1. The fourth-order valence-corrected chi connectivity index (χ4v) is 3.17. The summed E-state index contributed by atoms with van der Waals surface area (Å²) in [7, 11) is 0. The largest absolute Gasteiger partial charge is 0.478 e.